The fourth-order valence-electron chi connectivity index (χ4n) is 2.92. The van der Waals surface area contributed by atoms with Gasteiger partial charge in [0.2, 0.25) is 0 Å². The van der Waals surface area contributed by atoms with Crippen molar-refractivity contribution >= 4 is 27.8 Å². The van der Waals surface area contributed by atoms with Gasteiger partial charge in [-0.2, -0.15) is 18.3 Å². The number of nitrogens with zero attached hydrogens (tertiary/aromatic N) is 2. The van der Waals surface area contributed by atoms with E-state index < -0.39 is 34.3 Å². The van der Waals surface area contributed by atoms with Crippen molar-refractivity contribution in [2.45, 2.75) is 24.6 Å². The van der Waals surface area contributed by atoms with Crippen molar-refractivity contribution < 1.29 is 36.6 Å². The standard InChI is InChI=1S/C22H19F3N4O5S/c1-13-20(31)19(15(12-30)10-26-13)11-27-28-21(32)14-4-2-7-18(8-14)35(33,34)29-17-6-3-5-16(9-17)22(23,24)25/h2-11,29-31H,12H2,1H3,(H,28,32)/b27-11-. The van der Waals surface area contributed by atoms with Gasteiger partial charge in [0.05, 0.1) is 29.0 Å². The van der Waals surface area contributed by atoms with Gasteiger partial charge in [-0.1, -0.05) is 12.1 Å². The van der Waals surface area contributed by atoms with Crippen molar-refractivity contribution in [1.82, 2.24) is 10.4 Å². The van der Waals surface area contributed by atoms with Gasteiger partial charge >= 0.3 is 6.18 Å². The number of aliphatic hydroxyl groups is 1. The van der Waals surface area contributed by atoms with Gasteiger partial charge in [-0.15, -0.1) is 0 Å². The number of carbonyl (C=O) groups excluding carboxylic acids is 1. The number of nitrogens with one attached hydrogen (secondary N) is 2. The number of aryl methyl sites for hydroxylation is 1. The van der Waals surface area contributed by atoms with Crippen LogP contribution in [0.4, 0.5) is 18.9 Å². The molecule has 3 aromatic rings. The second-order valence-electron chi connectivity index (χ2n) is 7.20. The van der Waals surface area contributed by atoms with Crippen LogP contribution in [0, 0.1) is 6.92 Å². The number of hydrazone groups is 1. The van der Waals surface area contributed by atoms with Gasteiger partial charge in [0, 0.05) is 28.6 Å². The fraction of sp³-hybridized carbons (Fsp3) is 0.136. The van der Waals surface area contributed by atoms with Gasteiger partial charge in [-0.05, 0) is 43.3 Å². The Hall–Kier alpha value is -3.97. The van der Waals surface area contributed by atoms with E-state index in [9.17, 15) is 36.6 Å². The highest BCUT2D eigenvalue weighted by molar-refractivity contribution is 7.92. The van der Waals surface area contributed by atoms with E-state index >= 15 is 0 Å². The van der Waals surface area contributed by atoms with Gasteiger partial charge in [0.15, 0.2) is 0 Å². The molecule has 0 saturated heterocycles. The number of benzene rings is 2. The number of hydrogen-bond acceptors (Lipinski definition) is 7. The summed E-state index contributed by atoms with van der Waals surface area (Å²) in [5.41, 5.74) is 1.43. The molecule has 0 fully saturated rings. The smallest absolute Gasteiger partial charge is 0.416 e. The van der Waals surface area contributed by atoms with Gasteiger partial charge in [-0.25, -0.2) is 13.8 Å². The highest BCUT2D eigenvalue weighted by Crippen LogP contribution is 2.31. The first-order valence-electron chi connectivity index (χ1n) is 9.84. The summed E-state index contributed by atoms with van der Waals surface area (Å²) >= 11 is 0. The van der Waals surface area contributed by atoms with E-state index in [0.29, 0.717) is 6.07 Å². The van der Waals surface area contributed by atoms with Crippen LogP contribution in [0.15, 0.2) is 64.7 Å². The maximum absolute atomic E-state index is 12.9. The van der Waals surface area contributed by atoms with E-state index in [4.69, 9.17) is 0 Å². The molecule has 0 radical (unpaired) electrons. The topological polar surface area (TPSA) is 141 Å². The number of halogens is 3. The Bertz CT molecular complexity index is 1390. The maximum Gasteiger partial charge on any atom is 0.416 e. The molecule has 0 aliphatic carbocycles. The summed E-state index contributed by atoms with van der Waals surface area (Å²) in [5, 5.41) is 23.2. The number of aromatic hydroxyl groups is 1. The van der Waals surface area contributed by atoms with Crippen LogP contribution >= 0.6 is 0 Å². The number of anilines is 1. The zero-order valence-electron chi connectivity index (χ0n) is 18.0. The van der Waals surface area contributed by atoms with Crippen LogP contribution in [0.2, 0.25) is 0 Å². The van der Waals surface area contributed by atoms with E-state index in [-0.39, 0.29) is 38.7 Å². The first kappa shape index (κ1) is 25.6. The third kappa shape index (κ3) is 6.13. The number of hydrogen-bond donors (Lipinski definition) is 4. The Morgan fingerprint density at radius 1 is 1.17 bits per heavy atom. The molecule has 4 N–H and O–H groups in total. The summed E-state index contributed by atoms with van der Waals surface area (Å²) < 4.78 is 66.1. The Kier molecular flexibility index (Phi) is 7.41. The van der Waals surface area contributed by atoms with Gasteiger partial charge in [0.25, 0.3) is 15.9 Å². The van der Waals surface area contributed by atoms with E-state index in [2.05, 4.69) is 20.2 Å². The molecule has 0 spiro atoms. The molecule has 1 amide bonds. The second kappa shape index (κ2) is 10.1. The van der Waals surface area contributed by atoms with Gasteiger partial charge in [-0.3, -0.25) is 14.5 Å². The Morgan fingerprint density at radius 2 is 1.89 bits per heavy atom. The number of amides is 1. The van der Waals surface area contributed by atoms with Crippen molar-refractivity contribution in [1.29, 1.82) is 0 Å². The van der Waals surface area contributed by atoms with E-state index in [1.54, 1.807) is 0 Å². The summed E-state index contributed by atoms with van der Waals surface area (Å²) in [6.45, 7) is 1.10. The normalized spacial score (nSPS) is 12.0. The molecule has 9 nitrogen and oxygen atoms in total. The van der Waals surface area contributed by atoms with Crippen molar-refractivity contribution in [2.75, 3.05) is 4.72 Å². The zero-order valence-corrected chi connectivity index (χ0v) is 18.9. The quantitative estimate of drug-likeness (QED) is 0.285. The highest BCUT2D eigenvalue weighted by atomic mass is 32.2. The molecule has 3 rings (SSSR count). The van der Waals surface area contributed by atoms with E-state index in [1.165, 1.54) is 31.3 Å². The van der Waals surface area contributed by atoms with Crippen molar-refractivity contribution in [2.24, 2.45) is 5.10 Å². The minimum absolute atomic E-state index is 0.105. The maximum atomic E-state index is 12.9. The average molecular weight is 508 g/mol. The zero-order chi connectivity index (χ0) is 25.8. The molecule has 0 saturated carbocycles. The lowest BCUT2D eigenvalue weighted by Gasteiger charge is -2.12. The molecule has 0 aliphatic heterocycles. The lowest BCUT2D eigenvalue weighted by molar-refractivity contribution is -0.137. The van der Waals surface area contributed by atoms with Crippen molar-refractivity contribution in [3.63, 3.8) is 0 Å². The van der Waals surface area contributed by atoms with Crippen LogP contribution in [0.1, 0.15) is 32.7 Å². The average Bonchev–Trinajstić information content (AvgIpc) is 2.81. The van der Waals surface area contributed by atoms with Crippen LogP contribution in [0.25, 0.3) is 0 Å². The number of aliphatic hydroxyl groups excluding tert-OH is 1. The number of alkyl halides is 3. The third-order valence-corrected chi connectivity index (χ3v) is 6.12. The number of sulfonamides is 1. The highest BCUT2D eigenvalue weighted by Gasteiger charge is 2.30. The molecule has 1 heterocycles. The minimum Gasteiger partial charge on any atom is -0.505 e. The number of carbonyl (C=O) groups is 1. The van der Waals surface area contributed by atoms with Gasteiger partial charge in [0.1, 0.15) is 5.75 Å². The fourth-order valence-corrected chi connectivity index (χ4v) is 4.01. The lowest BCUT2D eigenvalue weighted by atomic mass is 10.1. The largest absolute Gasteiger partial charge is 0.505 e. The van der Waals surface area contributed by atoms with Crippen molar-refractivity contribution in [3.8, 4) is 5.75 Å². The second-order valence-corrected chi connectivity index (χ2v) is 8.88. The number of rotatable bonds is 7. The SMILES string of the molecule is Cc1ncc(CO)c(/C=N\NC(=O)c2cccc(S(=O)(=O)Nc3cccc(C(F)(F)F)c3)c2)c1O. The Balaban J connectivity index is 1.78. The number of aromatic nitrogens is 1. The monoisotopic (exact) mass is 508 g/mol. The molecule has 13 heteroatoms. The van der Waals surface area contributed by atoms with E-state index in [0.717, 1.165) is 30.5 Å². The molecule has 2 aromatic carbocycles. The molecule has 0 atom stereocenters. The lowest BCUT2D eigenvalue weighted by Crippen LogP contribution is -2.19. The first-order chi connectivity index (χ1) is 16.4. The van der Waals surface area contributed by atoms with E-state index in [1.807, 2.05) is 0 Å². The molecule has 0 aliphatic rings. The predicted molar refractivity (Wildman–Crippen MR) is 120 cm³/mol. The minimum atomic E-state index is -4.65. The first-order valence-corrected chi connectivity index (χ1v) is 11.3. The van der Waals surface area contributed by atoms with Crippen molar-refractivity contribution in [3.05, 3.63) is 82.7 Å². The molecular formula is C22H19F3N4O5S. The molecule has 0 unspecified atom stereocenters. The van der Waals surface area contributed by atoms with Crippen LogP contribution in [0.3, 0.4) is 0 Å². The Labute approximate surface area is 198 Å². The summed E-state index contributed by atoms with van der Waals surface area (Å²) in [5.74, 6) is -1.03. The Morgan fingerprint density at radius 3 is 2.57 bits per heavy atom. The molecule has 1 aromatic heterocycles. The van der Waals surface area contributed by atoms with Crippen LogP contribution in [-0.2, 0) is 22.8 Å². The predicted octanol–water partition coefficient (Wildman–Crippen LogP) is 3.17. The van der Waals surface area contributed by atoms with Crippen LogP contribution in [0.5, 0.6) is 5.75 Å². The molecule has 35 heavy (non-hydrogen) atoms. The van der Waals surface area contributed by atoms with Crippen LogP contribution in [-0.4, -0.2) is 35.7 Å². The van der Waals surface area contributed by atoms with Crippen LogP contribution < -0.4 is 10.1 Å². The number of pyridine rings is 1. The summed E-state index contributed by atoms with van der Waals surface area (Å²) in [6, 6.07) is 8.46. The molecule has 0 bridgehead atoms. The summed E-state index contributed by atoms with van der Waals surface area (Å²) in [4.78, 5) is 16.0. The van der Waals surface area contributed by atoms with Gasteiger partial charge < -0.3 is 10.2 Å². The third-order valence-electron chi connectivity index (χ3n) is 4.74. The molecular weight excluding hydrogens is 489 g/mol. The summed E-state index contributed by atoms with van der Waals surface area (Å²) in [6.07, 6.45) is -2.21. The summed E-state index contributed by atoms with van der Waals surface area (Å²) in [7, 11) is -4.32. The molecule has 184 valence electrons.